The van der Waals surface area contributed by atoms with Gasteiger partial charge in [0, 0.05) is 0 Å². The normalized spacial score (nSPS) is 12.1. The molecule has 0 aliphatic heterocycles. The lowest BCUT2D eigenvalue weighted by Gasteiger charge is -2.29. The van der Waals surface area contributed by atoms with Gasteiger partial charge in [0.2, 0.25) is 0 Å². The van der Waals surface area contributed by atoms with E-state index in [1.807, 2.05) is 24.6 Å². The molecule has 0 saturated heterocycles. The molecular formula is C42H34N2OSi2. The number of benzene rings is 6. The molecule has 0 saturated carbocycles. The number of furan rings is 1. The monoisotopic (exact) mass is 638 g/mol. The molecule has 47 heavy (non-hydrogen) atoms. The molecule has 3 nitrogen and oxygen atoms in total. The second-order valence-corrected chi connectivity index (χ2v) is 18.2. The molecule has 0 aliphatic carbocycles. The van der Waals surface area contributed by atoms with E-state index in [0.29, 0.717) is 11.5 Å². The third kappa shape index (κ3) is 6.02. The van der Waals surface area contributed by atoms with Gasteiger partial charge in [-0.25, -0.2) is 0 Å². The van der Waals surface area contributed by atoms with Gasteiger partial charge < -0.3 is 13.7 Å². The van der Waals surface area contributed by atoms with E-state index >= 15 is 0 Å². The third-order valence-corrected chi connectivity index (χ3v) is 16.6. The molecule has 5 heteroatoms. The molecule has 0 fully saturated rings. The summed E-state index contributed by atoms with van der Waals surface area (Å²) in [7, 11) is -5.59. The minimum Gasteiger partial charge on any atom is -0.454 e. The average Bonchev–Trinajstić information content (AvgIpc) is 3.63. The molecule has 0 amide bonds. The van der Waals surface area contributed by atoms with Gasteiger partial charge >= 0.3 is 0 Å². The third-order valence-electron chi connectivity index (χ3n) is 8.57. The zero-order chi connectivity index (χ0) is 31.8. The first kappa shape index (κ1) is 30.1. The van der Waals surface area contributed by atoms with Crippen molar-refractivity contribution in [1.82, 2.24) is 0 Å². The lowest BCUT2D eigenvalue weighted by Crippen LogP contribution is -2.66. The lowest BCUT2D eigenvalue weighted by atomic mass is 10.3. The highest BCUT2D eigenvalue weighted by Gasteiger charge is 2.41. The molecular weight excluding hydrogens is 605 g/mol. The Hall–Kier alpha value is -5.63. The Labute approximate surface area is 278 Å². The van der Waals surface area contributed by atoms with Gasteiger partial charge in [0.1, 0.15) is 11.5 Å². The predicted molar refractivity (Wildman–Crippen MR) is 202 cm³/mol. The van der Waals surface area contributed by atoms with Crippen molar-refractivity contribution in [3.63, 3.8) is 0 Å². The SMILES string of the molecule is C(=N[Si](c1ccccc1)(c1ccccc1)c1ccccc1)c1ccc(/C=N\[Si](c2ccccc2)(c2ccccc2)c2ccccc2)o1. The highest BCUT2D eigenvalue weighted by Crippen LogP contribution is 2.14. The molecule has 0 N–H and O–H groups in total. The van der Waals surface area contributed by atoms with Gasteiger partial charge in [0.15, 0.2) is 0 Å². The smallest absolute Gasteiger partial charge is 0.273 e. The number of hydrogen-bond donors (Lipinski definition) is 0. The average molecular weight is 639 g/mol. The topological polar surface area (TPSA) is 37.9 Å². The van der Waals surface area contributed by atoms with Crippen LogP contribution < -0.4 is 31.1 Å². The molecule has 0 bridgehead atoms. The van der Waals surface area contributed by atoms with Crippen molar-refractivity contribution < 1.29 is 4.42 Å². The van der Waals surface area contributed by atoms with E-state index in [0.717, 1.165) is 0 Å². The highest BCUT2D eigenvalue weighted by atomic mass is 28.3. The molecule has 0 atom stereocenters. The van der Waals surface area contributed by atoms with E-state index in [2.05, 4.69) is 182 Å². The van der Waals surface area contributed by atoms with Crippen molar-refractivity contribution in [2.45, 2.75) is 0 Å². The summed E-state index contributed by atoms with van der Waals surface area (Å²) in [5.41, 5.74) is 0. The first-order chi connectivity index (χ1) is 23.3. The van der Waals surface area contributed by atoms with Gasteiger partial charge in [0.05, 0.1) is 12.4 Å². The Morgan fingerprint density at radius 1 is 0.298 bits per heavy atom. The van der Waals surface area contributed by atoms with E-state index in [1.54, 1.807) is 0 Å². The molecule has 7 aromatic rings. The number of hydrogen-bond acceptors (Lipinski definition) is 3. The first-order valence-electron chi connectivity index (χ1n) is 15.8. The summed E-state index contributed by atoms with van der Waals surface area (Å²) in [6.45, 7) is 0. The molecule has 0 unspecified atom stereocenters. The standard InChI is InChI=1S/C42H34N2OSi2/c1-7-19-37(20-8-1)46(38-21-9-2-10-22-38,39-23-11-3-12-24-39)43-33-35-31-32-36(45-35)34-44-47(40-25-13-4-14-26-40,41-27-15-5-16-28-41)42-29-17-6-18-30-42/h1-34H/b43-33-,44-34?. The summed E-state index contributed by atoms with van der Waals surface area (Å²) >= 11 is 0. The van der Waals surface area contributed by atoms with Crippen LogP contribution in [0.15, 0.2) is 208 Å². The van der Waals surface area contributed by atoms with Gasteiger partial charge in [-0.1, -0.05) is 182 Å². The van der Waals surface area contributed by atoms with E-state index < -0.39 is 16.5 Å². The van der Waals surface area contributed by atoms with Crippen LogP contribution in [0.5, 0.6) is 0 Å². The highest BCUT2D eigenvalue weighted by molar-refractivity contribution is 7.11. The molecule has 226 valence electrons. The van der Waals surface area contributed by atoms with Crippen LogP contribution in [0.3, 0.4) is 0 Å². The van der Waals surface area contributed by atoms with Gasteiger partial charge in [0.25, 0.3) is 16.5 Å². The zero-order valence-corrected chi connectivity index (χ0v) is 27.9. The first-order valence-corrected chi connectivity index (χ1v) is 19.7. The van der Waals surface area contributed by atoms with Crippen LogP contribution in [0, 0.1) is 0 Å². The van der Waals surface area contributed by atoms with E-state index in [4.69, 9.17) is 13.7 Å². The van der Waals surface area contributed by atoms with Crippen molar-refractivity contribution >= 4 is 60.0 Å². The van der Waals surface area contributed by atoms with Crippen LogP contribution in [0.2, 0.25) is 0 Å². The van der Waals surface area contributed by atoms with Crippen LogP contribution in [-0.4, -0.2) is 28.9 Å². The number of rotatable bonds is 10. The molecule has 7 rings (SSSR count). The Bertz CT molecular complexity index is 1720. The Morgan fingerprint density at radius 2 is 0.511 bits per heavy atom. The summed E-state index contributed by atoms with van der Waals surface area (Å²) in [6.07, 6.45) is 3.82. The molecule has 0 spiro atoms. The van der Waals surface area contributed by atoms with Crippen molar-refractivity contribution in [1.29, 1.82) is 0 Å². The Kier molecular flexibility index (Phi) is 8.82. The molecule has 0 aliphatic rings. The predicted octanol–water partition coefficient (Wildman–Crippen LogP) is 5.45. The van der Waals surface area contributed by atoms with Crippen LogP contribution in [0.4, 0.5) is 0 Å². The van der Waals surface area contributed by atoms with Gasteiger partial charge in [-0.15, -0.1) is 0 Å². The second kappa shape index (κ2) is 13.8. The number of nitrogens with zero attached hydrogens (tertiary/aromatic N) is 2. The van der Waals surface area contributed by atoms with Crippen molar-refractivity contribution in [2.24, 2.45) is 9.32 Å². The minimum absolute atomic E-state index is 0.692. The fourth-order valence-electron chi connectivity index (χ4n) is 6.35. The van der Waals surface area contributed by atoms with Crippen LogP contribution in [0.25, 0.3) is 0 Å². The Morgan fingerprint density at radius 3 is 0.723 bits per heavy atom. The van der Waals surface area contributed by atoms with E-state index in [9.17, 15) is 0 Å². The maximum atomic E-state index is 6.44. The van der Waals surface area contributed by atoms with Crippen molar-refractivity contribution in [3.05, 3.63) is 206 Å². The van der Waals surface area contributed by atoms with Crippen molar-refractivity contribution in [3.8, 4) is 0 Å². The Balaban J connectivity index is 1.32. The second-order valence-electron chi connectivity index (χ2n) is 11.4. The fourth-order valence-corrected chi connectivity index (χ4v) is 13.9. The summed E-state index contributed by atoms with van der Waals surface area (Å²) in [4.78, 5) is 0. The lowest BCUT2D eigenvalue weighted by molar-refractivity contribution is 0.554. The minimum atomic E-state index is -2.80. The van der Waals surface area contributed by atoms with Gasteiger partial charge in [-0.2, -0.15) is 0 Å². The van der Waals surface area contributed by atoms with Crippen LogP contribution >= 0.6 is 0 Å². The van der Waals surface area contributed by atoms with Crippen molar-refractivity contribution in [2.75, 3.05) is 0 Å². The zero-order valence-electron chi connectivity index (χ0n) is 25.9. The maximum absolute atomic E-state index is 6.44. The molecule has 1 heterocycles. The summed E-state index contributed by atoms with van der Waals surface area (Å²) in [5, 5.41) is 7.29. The van der Waals surface area contributed by atoms with E-state index in [-0.39, 0.29) is 0 Å². The molecule has 0 radical (unpaired) electrons. The van der Waals surface area contributed by atoms with Crippen LogP contribution in [-0.2, 0) is 0 Å². The molecule has 6 aromatic carbocycles. The summed E-state index contributed by atoms with van der Waals surface area (Å²) in [6, 6.07) is 67.9. The molecule has 1 aromatic heterocycles. The van der Waals surface area contributed by atoms with Gasteiger partial charge in [-0.3, -0.25) is 0 Å². The maximum Gasteiger partial charge on any atom is 0.273 e. The fraction of sp³-hybridized carbons (Fsp3) is 0. The van der Waals surface area contributed by atoms with Gasteiger partial charge in [-0.05, 0) is 43.3 Å². The summed E-state index contributed by atoms with van der Waals surface area (Å²) < 4.78 is 17.4. The quantitative estimate of drug-likeness (QED) is 0.112. The van der Waals surface area contributed by atoms with E-state index in [1.165, 1.54) is 31.1 Å². The largest absolute Gasteiger partial charge is 0.454 e. The van der Waals surface area contributed by atoms with Crippen LogP contribution in [0.1, 0.15) is 11.5 Å². The summed E-state index contributed by atoms with van der Waals surface area (Å²) in [5.74, 6) is 1.38.